The van der Waals surface area contributed by atoms with Crippen molar-refractivity contribution in [3.8, 4) is 21.6 Å². The summed E-state index contributed by atoms with van der Waals surface area (Å²) in [7, 11) is -1.84. The van der Waals surface area contributed by atoms with E-state index in [4.69, 9.17) is 4.74 Å². The van der Waals surface area contributed by atoms with Gasteiger partial charge in [0.2, 0.25) is 0 Å². The lowest BCUT2D eigenvalue weighted by Gasteiger charge is -2.14. The number of esters is 1. The number of sulfone groups is 1. The molecule has 0 saturated heterocycles. The van der Waals surface area contributed by atoms with Gasteiger partial charge in [0.15, 0.2) is 9.84 Å². The summed E-state index contributed by atoms with van der Waals surface area (Å²) in [5.74, 6) is -1.24. The molecule has 3 rings (SSSR count). The Morgan fingerprint density at radius 1 is 1.03 bits per heavy atom. The van der Waals surface area contributed by atoms with Crippen LogP contribution in [0, 0.1) is 5.82 Å². The summed E-state index contributed by atoms with van der Waals surface area (Å²) in [5.41, 5.74) is 2.13. The SMILES string of the molecule is CCOC(=O)CN(C)C(=O)c1cc(-c2ccc(S(C)(=O)=O)cc2)c(-c2ccc(F)cc2)s1. The predicted octanol–water partition coefficient (Wildman–Crippen LogP) is 4.26. The molecule has 0 unspecified atom stereocenters. The largest absolute Gasteiger partial charge is 0.465 e. The molecule has 0 fully saturated rings. The second kappa shape index (κ2) is 9.62. The highest BCUT2D eigenvalue weighted by Crippen LogP contribution is 2.40. The van der Waals surface area contributed by atoms with Crippen LogP contribution >= 0.6 is 11.3 Å². The molecule has 0 saturated carbocycles. The van der Waals surface area contributed by atoms with Gasteiger partial charge in [-0.05, 0) is 48.4 Å². The van der Waals surface area contributed by atoms with Crippen LogP contribution in [0.3, 0.4) is 0 Å². The number of carbonyl (C=O) groups excluding carboxylic acids is 2. The first-order valence-corrected chi connectivity index (χ1v) is 12.4. The molecule has 0 bridgehead atoms. The van der Waals surface area contributed by atoms with Crippen LogP contribution in [0.2, 0.25) is 0 Å². The van der Waals surface area contributed by atoms with E-state index in [2.05, 4.69) is 0 Å². The van der Waals surface area contributed by atoms with Gasteiger partial charge in [-0.25, -0.2) is 12.8 Å². The smallest absolute Gasteiger partial charge is 0.325 e. The molecule has 168 valence electrons. The average Bonchev–Trinajstić information content (AvgIpc) is 3.18. The van der Waals surface area contributed by atoms with E-state index in [1.165, 1.54) is 47.5 Å². The third-order valence-corrected chi connectivity index (χ3v) is 6.96. The molecular weight excluding hydrogens is 453 g/mol. The van der Waals surface area contributed by atoms with E-state index in [1.807, 2.05) is 0 Å². The third kappa shape index (κ3) is 5.41. The Bertz CT molecular complexity index is 1230. The number of ether oxygens (including phenoxy) is 1. The number of nitrogens with zero attached hydrogens (tertiary/aromatic N) is 1. The normalized spacial score (nSPS) is 11.2. The topological polar surface area (TPSA) is 80.8 Å². The van der Waals surface area contributed by atoms with Crippen molar-refractivity contribution in [2.45, 2.75) is 11.8 Å². The number of halogens is 1. The Hall–Kier alpha value is -3.04. The summed E-state index contributed by atoms with van der Waals surface area (Å²) in [4.78, 5) is 27.3. The summed E-state index contributed by atoms with van der Waals surface area (Å²) in [5, 5.41) is 0. The maximum absolute atomic E-state index is 13.4. The lowest BCUT2D eigenvalue weighted by molar-refractivity contribution is -0.143. The molecule has 32 heavy (non-hydrogen) atoms. The number of amides is 1. The van der Waals surface area contributed by atoms with Crippen molar-refractivity contribution in [3.63, 3.8) is 0 Å². The maximum Gasteiger partial charge on any atom is 0.325 e. The van der Waals surface area contributed by atoms with E-state index in [1.54, 1.807) is 37.3 Å². The van der Waals surface area contributed by atoms with Crippen molar-refractivity contribution in [1.29, 1.82) is 0 Å². The van der Waals surface area contributed by atoms with Crippen molar-refractivity contribution in [1.82, 2.24) is 4.90 Å². The van der Waals surface area contributed by atoms with Crippen molar-refractivity contribution >= 4 is 33.1 Å². The molecule has 1 aromatic heterocycles. The second-order valence-corrected chi connectivity index (χ2v) is 10.2. The van der Waals surface area contributed by atoms with Gasteiger partial charge >= 0.3 is 5.97 Å². The fourth-order valence-electron chi connectivity index (χ4n) is 3.07. The molecule has 0 N–H and O–H groups in total. The van der Waals surface area contributed by atoms with Crippen LogP contribution in [-0.2, 0) is 19.4 Å². The zero-order valence-corrected chi connectivity index (χ0v) is 19.4. The van der Waals surface area contributed by atoms with Gasteiger partial charge in [-0.2, -0.15) is 0 Å². The van der Waals surface area contributed by atoms with E-state index in [9.17, 15) is 22.4 Å². The first-order chi connectivity index (χ1) is 15.1. The number of likely N-dealkylation sites (N-methyl/N-ethyl adjacent to an activating group) is 1. The van der Waals surface area contributed by atoms with E-state index in [-0.39, 0.29) is 29.8 Å². The standard InChI is InChI=1S/C23H22FNO5S2/c1-4-30-21(26)14-25(2)23(27)20-13-19(15-7-11-18(12-8-15)32(3,28)29)22(31-20)16-5-9-17(24)10-6-16/h5-13H,4,14H2,1-3H3. The van der Waals surface area contributed by atoms with Gasteiger partial charge in [-0.3, -0.25) is 9.59 Å². The molecule has 0 radical (unpaired) electrons. The molecule has 0 spiro atoms. The average molecular weight is 476 g/mol. The number of thiophene rings is 1. The summed E-state index contributed by atoms with van der Waals surface area (Å²) < 4.78 is 41.9. The molecule has 0 aliphatic rings. The minimum Gasteiger partial charge on any atom is -0.465 e. The van der Waals surface area contributed by atoms with Crippen LogP contribution in [0.15, 0.2) is 59.5 Å². The Morgan fingerprint density at radius 3 is 2.19 bits per heavy atom. The van der Waals surface area contributed by atoms with Crippen LogP contribution in [0.5, 0.6) is 0 Å². The number of hydrogen-bond acceptors (Lipinski definition) is 6. The fourth-order valence-corrected chi connectivity index (χ4v) is 4.88. The molecule has 0 aliphatic heterocycles. The zero-order chi connectivity index (χ0) is 23.5. The molecular formula is C23H22FNO5S2. The van der Waals surface area contributed by atoms with Crippen LogP contribution in [-0.4, -0.2) is 51.6 Å². The molecule has 6 nitrogen and oxygen atoms in total. The number of hydrogen-bond donors (Lipinski definition) is 0. The third-order valence-electron chi connectivity index (χ3n) is 4.66. The Labute approximate surface area is 190 Å². The van der Waals surface area contributed by atoms with Crippen LogP contribution < -0.4 is 0 Å². The Morgan fingerprint density at radius 2 is 1.62 bits per heavy atom. The first-order valence-electron chi connectivity index (χ1n) is 9.71. The lowest BCUT2D eigenvalue weighted by atomic mass is 10.0. The molecule has 1 amide bonds. The number of benzene rings is 2. The molecule has 1 heterocycles. The molecule has 9 heteroatoms. The maximum atomic E-state index is 13.4. The molecule has 0 aliphatic carbocycles. The van der Waals surface area contributed by atoms with Gasteiger partial charge in [-0.15, -0.1) is 11.3 Å². The minimum absolute atomic E-state index is 0.185. The highest BCUT2D eigenvalue weighted by Gasteiger charge is 2.22. The van der Waals surface area contributed by atoms with Crippen LogP contribution in [0.1, 0.15) is 16.6 Å². The van der Waals surface area contributed by atoms with Crippen LogP contribution in [0.25, 0.3) is 21.6 Å². The monoisotopic (exact) mass is 475 g/mol. The van der Waals surface area contributed by atoms with Gasteiger partial charge in [-0.1, -0.05) is 24.3 Å². The van der Waals surface area contributed by atoms with Crippen molar-refractivity contribution in [3.05, 3.63) is 65.3 Å². The van der Waals surface area contributed by atoms with Gasteiger partial charge in [0, 0.05) is 23.7 Å². The Balaban J connectivity index is 2.03. The summed E-state index contributed by atoms with van der Waals surface area (Å²) in [6.45, 7) is 1.73. The van der Waals surface area contributed by atoms with E-state index in [0.717, 1.165) is 11.1 Å². The molecule has 0 atom stereocenters. The van der Waals surface area contributed by atoms with E-state index < -0.39 is 15.8 Å². The van der Waals surface area contributed by atoms with Gasteiger partial charge < -0.3 is 9.64 Å². The number of rotatable bonds is 7. The Kier molecular flexibility index (Phi) is 7.10. The quantitative estimate of drug-likeness (QED) is 0.477. The van der Waals surface area contributed by atoms with Gasteiger partial charge in [0.25, 0.3) is 5.91 Å². The number of carbonyl (C=O) groups is 2. The summed E-state index contributed by atoms with van der Waals surface area (Å²) >= 11 is 1.22. The summed E-state index contributed by atoms with van der Waals surface area (Å²) in [6.07, 6.45) is 1.13. The first kappa shape index (κ1) is 23.6. The van der Waals surface area contributed by atoms with Crippen LogP contribution in [0.4, 0.5) is 4.39 Å². The molecule has 2 aromatic carbocycles. The van der Waals surface area contributed by atoms with Crippen molar-refractivity contribution in [2.24, 2.45) is 0 Å². The minimum atomic E-state index is -3.35. The van der Waals surface area contributed by atoms with Crippen molar-refractivity contribution < 1.29 is 27.1 Å². The predicted molar refractivity (Wildman–Crippen MR) is 122 cm³/mol. The fraction of sp³-hybridized carbons (Fsp3) is 0.217. The highest BCUT2D eigenvalue weighted by atomic mass is 32.2. The lowest BCUT2D eigenvalue weighted by Crippen LogP contribution is -2.32. The van der Waals surface area contributed by atoms with Gasteiger partial charge in [0.1, 0.15) is 12.4 Å². The van der Waals surface area contributed by atoms with E-state index >= 15 is 0 Å². The van der Waals surface area contributed by atoms with E-state index in [0.29, 0.717) is 21.6 Å². The van der Waals surface area contributed by atoms with Crippen molar-refractivity contribution in [2.75, 3.05) is 26.5 Å². The second-order valence-electron chi connectivity index (χ2n) is 7.12. The summed E-state index contributed by atoms with van der Waals surface area (Å²) in [6, 6.07) is 13.9. The molecule has 3 aromatic rings. The zero-order valence-electron chi connectivity index (χ0n) is 17.8. The highest BCUT2D eigenvalue weighted by molar-refractivity contribution is 7.90. The van der Waals surface area contributed by atoms with Gasteiger partial charge in [0.05, 0.1) is 16.4 Å².